The molecule has 0 bridgehead atoms. The van der Waals surface area contributed by atoms with E-state index in [-0.39, 0.29) is 23.3 Å². The molecule has 1 saturated carbocycles. The van der Waals surface area contributed by atoms with Gasteiger partial charge in [0.25, 0.3) is 0 Å². The summed E-state index contributed by atoms with van der Waals surface area (Å²) in [5, 5.41) is 7.95. The molecule has 1 atom stereocenters. The molecule has 8 heteroatoms. The Kier molecular flexibility index (Phi) is 7.67. The van der Waals surface area contributed by atoms with Gasteiger partial charge in [0.1, 0.15) is 0 Å². The molecule has 1 aliphatic carbocycles. The number of aromatic nitrogens is 2. The number of piperidine rings is 1. The summed E-state index contributed by atoms with van der Waals surface area (Å²) in [6.07, 6.45) is 4.92. The number of aryl methyl sites for hydroxylation is 1. The van der Waals surface area contributed by atoms with E-state index in [4.69, 9.17) is 4.74 Å². The van der Waals surface area contributed by atoms with Crippen molar-refractivity contribution in [2.75, 3.05) is 19.7 Å². The van der Waals surface area contributed by atoms with Crippen molar-refractivity contribution in [3.63, 3.8) is 0 Å². The highest BCUT2D eigenvalue weighted by atomic mass is 16.6. The van der Waals surface area contributed by atoms with Crippen molar-refractivity contribution in [3.05, 3.63) is 29.5 Å². The third kappa shape index (κ3) is 5.11. The Morgan fingerprint density at radius 3 is 2.58 bits per heavy atom. The number of carbonyl (C=O) groups is 3. The largest absolute Gasteiger partial charge is 0.450 e. The number of nitrogens with one attached hydrogen (secondary N) is 1. The van der Waals surface area contributed by atoms with E-state index in [2.05, 4.69) is 22.3 Å². The Morgan fingerprint density at radius 2 is 1.92 bits per heavy atom. The third-order valence-electron chi connectivity index (χ3n) is 7.49. The molecule has 3 fully saturated rings. The van der Waals surface area contributed by atoms with Gasteiger partial charge in [0, 0.05) is 48.8 Å². The molecule has 3 heterocycles. The zero-order valence-corrected chi connectivity index (χ0v) is 21.7. The van der Waals surface area contributed by atoms with Gasteiger partial charge in [-0.1, -0.05) is 25.7 Å². The molecule has 8 nitrogen and oxygen atoms in total. The van der Waals surface area contributed by atoms with Gasteiger partial charge in [-0.25, -0.2) is 4.79 Å². The topological polar surface area (TPSA) is 93.5 Å². The van der Waals surface area contributed by atoms with E-state index in [0.717, 1.165) is 60.9 Å². The van der Waals surface area contributed by atoms with E-state index in [9.17, 15) is 14.4 Å². The molecule has 36 heavy (non-hydrogen) atoms. The van der Waals surface area contributed by atoms with Crippen LogP contribution in [0.5, 0.6) is 0 Å². The number of likely N-dealkylation sites (tertiary alicyclic amines) is 1. The first-order valence-corrected chi connectivity index (χ1v) is 13.1. The summed E-state index contributed by atoms with van der Waals surface area (Å²) in [4.78, 5) is 37.5. The van der Waals surface area contributed by atoms with Crippen LogP contribution in [-0.2, 0) is 21.4 Å². The lowest BCUT2D eigenvalue weighted by molar-refractivity contribution is -0.134. The average Bonchev–Trinajstić information content (AvgIpc) is 3.18. The fourth-order valence-electron chi connectivity index (χ4n) is 5.56. The summed E-state index contributed by atoms with van der Waals surface area (Å²) in [6.45, 7) is 7.86. The van der Waals surface area contributed by atoms with Crippen molar-refractivity contribution in [2.45, 2.75) is 65.2 Å². The summed E-state index contributed by atoms with van der Waals surface area (Å²) in [7, 11) is 1.87. The fourth-order valence-corrected chi connectivity index (χ4v) is 5.56. The molecule has 0 radical (unpaired) electrons. The van der Waals surface area contributed by atoms with Crippen molar-refractivity contribution in [2.24, 2.45) is 18.4 Å². The molecule has 3 amide bonds. The summed E-state index contributed by atoms with van der Waals surface area (Å²) in [6, 6.07) is 6.00. The number of imide groups is 1. The zero-order valence-electron chi connectivity index (χ0n) is 21.7. The molecule has 1 aromatic heterocycles. The number of hydrogen-bond donors (Lipinski definition) is 1. The van der Waals surface area contributed by atoms with Crippen molar-refractivity contribution in [3.8, 4) is 11.8 Å². The smallest absolute Gasteiger partial charge is 0.409 e. The average molecular weight is 493 g/mol. The lowest BCUT2D eigenvalue weighted by Gasteiger charge is -2.52. The SMILES string of the molecule is CC.CCOC(=O)N1CC2(CCC(C#Cc3ccc4c(C5CCC(=O)NC5=O)nn(C)c4c3)CC2)C1. The lowest BCUT2D eigenvalue weighted by atomic mass is 9.66. The number of ether oxygens (including phenoxy) is 1. The highest BCUT2D eigenvalue weighted by Crippen LogP contribution is 2.45. The fraction of sp³-hybridized carbons (Fsp3) is 0.571. The summed E-state index contributed by atoms with van der Waals surface area (Å²) >= 11 is 0. The van der Waals surface area contributed by atoms with Gasteiger partial charge in [-0.15, -0.1) is 0 Å². The van der Waals surface area contributed by atoms with Gasteiger partial charge in [0.05, 0.1) is 23.7 Å². The van der Waals surface area contributed by atoms with Crippen LogP contribution in [0, 0.1) is 23.2 Å². The van der Waals surface area contributed by atoms with Crippen molar-refractivity contribution >= 4 is 28.8 Å². The number of fused-ring (bicyclic) bond motifs is 1. The lowest BCUT2D eigenvalue weighted by Crippen LogP contribution is -2.59. The number of benzene rings is 1. The molecule has 1 unspecified atom stereocenters. The molecule has 5 rings (SSSR count). The predicted octanol–water partition coefficient (Wildman–Crippen LogP) is 4.12. The molecule has 2 aromatic rings. The van der Waals surface area contributed by atoms with Crippen LogP contribution in [0.15, 0.2) is 18.2 Å². The number of rotatable bonds is 2. The first-order chi connectivity index (χ1) is 17.4. The Labute approximate surface area is 212 Å². The molecule has 2 aliphatic heterocycles. The first kappa shape index (κ1) is 25.7. The van der Waals surface area contributed by atoms with Crippen LogP contribution < -0.4 is 5.32 Å². The van der Waals surface area contributed by atoms with E-state index < -0.39 is 5.92 Å². The molecular weight excluding hydrogens is 456 g/mol. The minimum atomic E-state index is -0.404. The third-order valence-corrected chi connectivity index (χ3v) is 7.49. The molecule has 1 N–H and O–H groups in total. The van der Waals surface area contributed by atoms with Gasteiger partial charge in [-0.2, -0.15) is 5.10 Å². The molecular formula is C28H36N4O4. The van der Waals surface area contributed by atoms with Crippen molar-refractivity contribution in [1.82, 2.24) is 20.0 Å². The normalized spacial score (nSPS) is 21.1. The number of nitrogens with zero attached hydrogens (tertiary/aromatic N) is 3. The monoisotopic (exact) mass is 492 g/mol. The second-order valence-corrected chi connectivity index (χ2v) is 9.84. The van der Waals surface area contributed by atoms with Crippen LogP contribution in [-0.4, -0.2) is 52.3 Å². The maximum atomic E-state index is 12.3. The Bertz CT molecular complexity index is 1210. The highest BCUT2D eigenvalue weighted by molar-refractivity contribution is 6.02. The molecule has 1 spiro atoms. The molecule has 3 aliphatic rings. The van der Waals surface area contributed by atoms with Crippen LogP contribution in [0.2, 0.25) is 0 Å². The second kappa shape index (κ2) is 10.7. The summed E-state index contributed by atoms with van der Waals surface area (Å²) < 4.78 is 6.89. The quantitative estimate of drug-likeness (QED) is 0.503. The Hall–Kier alpha value is -3.34. The zero-order chi connectivity index (χ0) is 25.9. The molecule has 1 aromatic carbocycles. The summed E-state index contributed by atoms with van der Waals surface area (Å²) in [5.74, 6) is 6.27. The highest BCUT2D eigenvalue weighted by Gasteiger charge is 2.47. The maximum absolute atomic E-state index is 12.3. The van der Waals surface area contributed by atoms with Crippen molar-refractivity contribution in [1.29, 1.82) is 0 Å². The number of amides is 3. The van der Waals surface area contributed by atoms with Crippen LogP contribution >= 0.6 is 0 Å². The van der Waals surface area contributed by atoms with Crippen LogP contribution in [0.1, 0.15) is 76.5 Å². The molecule has 192 valence electrons. The van der Waals surface area contributed by atoms with Gasteiger partial charge < -0.3 is 9.64 Å². The van der Waals surface area contributed by atoms with Crippen LogP contribution in [0.25, 0.3) is 10.9 Å². The van der Waals surface area contributed by atoms with E-state index in [1.54, 1.807) is 4.68 Å². The van der Waals surface area contributed by atoms with E-state index in [1.165, 1.54) is 0 Å². The van der Waals surface area contributed by atoms with Gasteiger partial charge in [0.15, 0.2) is 0 Å². The van der Waals surface area contributed by atoms with Gasteiger partial charge in [-0.3, -0.25) is 19.6 Å². The standard InChI is InChI=1S/C26H30N4O4.C2H6/c1-3-34-25(33)30-15-26(16-30)12-10-17(11-13-26)4-5-18-6-7-19-21(14-18)29(2)28-23(19)20-8-9-22(31)27-24(20)32;1-2/h6-7,14,17,20H,3,8-13,15-16H2,1-2H3,(H,27,31,32);1-2H3. The summed E-state index contributed by atoms with van der Waals surface area (Å²) in [5.41, 5.74) is 2.84. The predicted molar refractivity (Wildman–Crippen MR) is 137 cm³/mol. The van der Waals surface area contributed by atoms with Crippen LogP contribution in [0.4, 0.5) is 4.79 Å². The van der Waals surface area contributed by atoms with Gasteiger partial charge in [-0.05, 0) is 57.2 Å². The number of hydrogen-bond acceptors (Lipinski definition) is 5. The van der Waals surface area contributed by atoms with Crippen molar-refractivity contribution < 1.29 is 19.1 Å². The minimum absolute atomic E-state index is 0.193. The minimum Gasteiger partial charge on any atom is -0.450 e. The Balaban J connectivity index is 0.00000148. The van der Waals surface area contributed by atoms with E-state index in [1.807, 2.05) is 50.9 Å². The maximum Gasteiger partial charge on any atom is 0.409 e. The van der Waals surface area contributed by atoms with E-state index >= 15 is 0 Å². The van der Waals surface area contributed by atoms with E-state index in [0.29, 0.717) is 25.4 Å². The van der Waals surface area contributed by atoms with Gasteiger partial charge in [0.2, 0.25) is 11.8 Å². The second-order valence-electron chi connectivity index (χ2n) is 9.84. The molecule has 2 saturated heterocycles. The first-order valence-electron chi connectivity index (χ1n) is 13.1. The Morgan fingerprint density at radius 1 is 1.19 bits per heavy atom. The number of carbonyl (C=O) groups excluding carboxylic acids is 3. The van der Waals surface area contributed by atoms with Crippen LogP contribution in [0.3, 0.4) is 0 Å². The van der Waals surface area contributed by atoms with Gasteiger partial charge >= 0.3 is 6.09 Å².